The molecule has 4 nitrogen and oxygen atoms in total. The van der Waals surface area contributed by atoms with Gasteiger partial charge in [0.15, 0.2) is 6.10 Å². The normalized spacial score (nSPS) is 13.4. The first-order valence-corrected chi connectivity index (χ1v) is 6.42. The van der Waals surface area contributed by atoms with Crippen LogP contribution in [0.25, 0.3) is 0 Å². The molecule has 1 aromatic rings. The largest absolute Gasteiger partial charge is 0.481 e. The van der Waals surface area contributed by atoms with Crippen LogP contribution < -0.4 is 10.1 Å². The Bertz CT molecular complexity index is 431. The Morgan fingerprint density at radius 1 is 1.53 bits per heavy atom. The molecule has 0 saturated heterocycles. The standard InChI is InChI=1S/C15H21NO3/c1-4-10-16-15(18)11(3)19-14-9-7-6-8-12(14)13(17)5-2/h4,6-9,11,13,17H,1,5,10H2,2-3H3,(H,16,18)/t11?,13-/m0/s1. The Labute approximate surface area is 114 Å². The fourth-order valence-electron chi connectivity index (χ4n) is 1.64. The monoisotopic (exact) mass is 263 g/mol. The third-order valence-corrected chi connectivity index (χ3v) is 2.76. The molecule has 1 aromatic carbocycles. The molecule has 2 N–H and O–H groups in total. The minimum Gasteiger partial charge on any atom is -0.481 e. The number of aliphatic hydroxyl groups excluding tert-OH is 1. The number of rotatable bonds is 7. The molecule has 0 saturated carbocycles. The summed E-state index contributed by atoms with van der Waals surface area (Å²) in [5.74, 6) is 0.332. The van der Waals surface area contributed by atoms with Crippen molar-refractivity contribution in [1.29, 1.82) is 0 Å². The summed E-state index contributed by atoms with van der Waals surface area (Å²) in [6.07, 6.45) is 1.00. The van der Waals surface area contributed by atoms with E-state index in [0.717, 1.165) is 0 Å². The van der Waals surface area contributed by atoms with Crippen LogP contribution >= 0.6 is 0 Å². The van der Waals surface area contributed by atoms with Crippen molar-refractivity contribution in [3.05, 3.63) is 42.5 Å². The van der Waals surface area contributed by atoms with Crippen molar-refractivity contribution >= 4 is 5.91 Å². The van der Waals surface area contributed by atoms with E-state index in [9.17, 15) is 9.90 Å². The highest BCUT2D eigenvalue weighted by Crippen LogP contribution is 2.27. The van der Waals surface area contributed by atoms with E-state index in [-0.39, 0.29) is 5.91 Å². The van der Waals surface area contributed by atoms with Gasteiger partial charge in [-0.25, -0.2) is 0 Å². The molecule has 0 aromatic heterocycles. The second-order valence-electron chi connectivity index (χ2n) is 4.26. The highest BCUT2D eigenvalue weighted by Gasteiger charge is 2.17. The number of benzene rings is 1. The van der Waals surface area contributed by atoms with Gasteiger partial charge in [0, 0.05) is 12.1 Å². The van der Waals surface area contributed by atoms with Crippen LogP contribution in [0.1, 0.15) is 31.9 Å². The second-order valence-corrected chi connectivity index (χ2v) is 4.26. The summed E-state index contributed by atoms with van der Waals surface area (Å²) in [4.78, 5) is 11.7. The van der Waals surface area contributed by atoms with Gasteiger partial charge in [-0.2, -0.15) is 0 Å². The van der Waals surface area contributed by atoms with E-state index in [4.69, 9.17) is 4.74 Å². The molecule has 4 heteroatoms. The van der Waals surface area contributed by atoms with Gasteiger partial charge in [0.25, 0.3) is 5.91 Å². The molecule has 0 heterocycles. The zero-order chi connectivity index (χ0) is 14.3. The summed E-state index contributed by atoms with van der Waals surface area (Å²) in [6.45, 7) is 7.51. The molecule has 1 unspecified atom stereocenters. The van der Waals surface area contributed by atoms with E-state index in [1.165, 1.54) is 0 Å². The Kier molecular flexibility index (Phi) is 6.09. The maximum Gasteiger partial charge on any atom is 0.261 e. The summed E-state index contributed by atoms with van der Waals surface area (Å²) in [6, 6.07) is 7.21. The van der Waals surface area contributed by atoms with Crippen molar-refractivity contribution < 1.29 is 14.6 Å². The number of para-hydroxylation sites is 1. The van der Waals surface area contributed by atoms with E-state index in [2.05, 4.69) is 11.9 Å². The SMILES string of the molecule is C=CCNC(=O)C(C)Oc1ccccc1[C@@H](O)CC. The van der Waals surface area contributed by atoms with Gasteiger partial charge in [-0.15, -0.1) is 6.58 Å². The van der Waals surface area contributed by atoms with Crippen LogP contribution in [0.2, 0.25) is 0 Å². The average molecular weight is 263 g/mol. The first-order valence-electron chi connectivity index (χ1n) is 6.42. The molecule has 1 rings (SSSR count). The predicted octanol–water partition coefficient (Wildman–Crippen LogP) is 2.20. The van der Waals surface area contributed by atoms with Crippen molar-refractivity contribution in [2.45, 2.75) is 32.5 Å². The molecule has 2 atom stereocenters. The van der Waals surface area contributed by atoms with E-state index >= 15 is 0 Å². The predicted molar refractivity (Wildman–Crippen MR) is 75.0 cm³/mol. The Morgan fingerprint density at radius 3 is 2.84 bits per heavy atom. The molecule has 0 aliphatic rings. The molecule has 19 heavy (non-hydrogen) atoms. The minimum atomic E-state index is -0.620. The van der Waals surface area contributed by atoms with Crippen LogP contribution in [0.4, 0.5) is 0 Å². The number of nitrogens with one attached hydrogen (secondary N) is 1. The Morgan fingerprint density at radius 2 is 2.21 bits per heavy atom. The summed E-state index contributed by atoms with van der Waals surface area (Å²) in [5.41, 5.74) is 0.702. The van der Waals surface area contributed by atoms with Crippen LogP contribution in [-0.2, 0) is 4.79 Å². The molecule has 0 radical (unpaired) electrons. The maximum atomic E-state index is 11.7. The van der Waals surface area contributed by atoms with Gasteiger partial charge in [-0.05, 0) is 19.4 Å². The maximum absolute atomic E-state index is 11.7. The zero-order valence-electron chi connectivity index (χ0n) is 11.4. The van der Waals surface area contributed by atoms with Gasteiger partial charge in [0.2, 0.25) is 0 Å². The fraction of sp³-hybridized carbons (Fsp3) is 0.400. The zero-order valence-corrected chi connectivity index (χ0v) is 11.4. The number of ether oxygens (including phenoxy) is 1. The Balaban J connectivity index is 2.76. The minimum absolute atomic E-state index is 0.208. The van der Waals surface area contributed by atoms with Gasteiger partial charge in [-0.1, -0.05) is 31.2 Å². The van der Waals surface area contributed by atoms with E-state index in [1.807, 2.05) is 19.1 Å². The molecular formula is C15H21NO3. The summed E-state index contributed by atoms with van der Waals surface area (Å²) in [5, 5.41) is 12.6. The topological polar surface area (TPSA) is 58.6 Å². The number of carbonyl (C=O) groups excluding carboxylic acids is 1. The van der Waals surface area contributed by atoms with Gasteiger partial charge in [-0.3, -0.25) is 4.79 Å². The molecule has 0 spiro atoms. The van der Waals surface area contributed by atoms with Crippen LogP contribution in [-0.4, -0.2) is 23.7 Å². The van der Waals surface area contributed by atoms with Gasteiger partial charge in [0.1, 0.15) is 5.75 Å². The third-order valence-electron chi connectivity index (χ3n) is 2.76. The lowest BCUT2D eigenvalue weighted by molar-refractivity contribution is -0.127. The smallest absolute Gasteiger partial charge is 0.261 e. The number of amides is 1. The van der Waals surface area contributed by atoms with Crippen molar-refractivity contribution in [3.63, 3.8) is 0 Å². The van der Waals surface area contributed by atoms with E-state index in [0.29, 0.717) is 24.3 Å². The lowest BCUT2D eigenvalue weighted by Gasteiger charge is -2.18. The highest BCUT2D eigenvalue weighted by atomic mass is 16.5. The quantitative estimate of drug-likeness (QED) is 0.741. The first-order chi connectivity index (χ1) is 9.10. The summed E-state index contributed by atoms with van der Waals surface area (Å²) < 4.78 is 5.62. The third kappa shape index (κ3) is 4.41. The van der Waals surface area contributed by atoms with Crippen LogP contribution in [0.5, 0.6) is 5.75 Å². The summed E-state index contributed by atoms with van der Waals surface area (Å²) in [7, 11) is 0. The van der Waals surface area contributed by atoms with Crippen molar-refractivity contribution in [2.75, 3.05) is 6.54 Å². The van der Waals surface area contributed by atoms with Gasteiger partial charge < -0.3 is 15.2 Å². The van der Waals surface area contributed by atoms with Crippen molar-refractivity contribution in [2.24, 2.45) is 0 Å². The molecule has 0 aliphatic carbocycles. The molecule has 0 aliphatic heterocycles. The molecule has 1 amide bonds. The molecule has 104 valence electrons. The van der Waals surface area contributed by atoms with E-state index in [1.54, 1.807) is 25.1 Å². The fourth-order valence-corrected chi connectivity index (χ4v) is 1.64. The summed E-state index contributed by atoms with van der Waals surface area (Å²) >= 11 is 0. The van der Waals surface area contributed by atoms with Crippen molar-refractivity contribution in [3.8, 4) is 5.75 Å². The number of hydrogen-bond acceptors (Lipinski definition) is 3. The average Bonchev–Trinajstić information content (AvgIpc) is 2.44. The number of carbonyl (C=O) groups is 1. The van der Waals surface area contributed by atoms with Crippen LogP contribution in [0.3, 0.4) is 0 Å². The first kappa shape index (κ1) is 15.2. The lowest BCUT2D eigenvalue weighted by Crippen LogP contribution is -2.36. The van der Waals surface area contributed by atoms with Crippen LogP contribution in [0.15, 0.2) is 36.9 Å². The lowest BCUT2D eigenvalue weighted by atomic mass is 10.1. The molecular weight excluding hydrogens is 242 g/mol. The Hall–Kier alpha value is -1.81. The highest BCUT2D eigenvalue weighted by molar-refractivity contribution is 5.80. The number of aliphatic hydroxyl groups is 1. The molecule has 0 bridgehead atoms. The van der Waals surface area contributed by atoms with Gasteiger partial charge >= 0.3 is 0 Å². The second kappa shape index (κ2) is 7.59. The molecule has 0 fully saturated rings. The van der Waals surface area contributed by atoms with Gasteiger partial charge in [0.05, 0.1) is 6.10 Å². The van der Waals surface area contributed by atoms with Crippen molar-refractivity contribution in [1.82, 2.24) is 5.32 Å². The van der Waals surface area contributed by atoms with E-state index < -0.39 is 12.2 Å². The van der Waals surface area contributed by atoms with Crippen LogP contribution in [0, 0.1) is 0 Å². The number of hydrogen-bond donors (Lipinski definition) is 2.